The number of aromatic nitrogens is 2. The summed E-state index contributed by atoms with van der Waals surface area (Å²) in [6, 6.07) is 26.9. The second-order valence-corrected chi connectivity index (χ2v) is 10.3. The summed E-state index contributed by atoms with van der Waals surface area (Å²) >= 11 is 0. The molecule has 0 spiro atoms. The number of piperidine rings is 3. The van der Waals surface area contributed by atoms with Crippen molar-refractivity contribution in [1.82, 2.24) is 10.1 Å². The topological polar surface area (TPSA) is 77.6 Å². The molecule has 37 heavy (non-hydrogen) atoms. The molecule has 3 aliphatic rings. The first-order valence-electron chi connectivity index (χ1n) is 12.9. The Morgan fingerprint density at radius 3 is 2.22 bits per heavy atom. The Hall–Kier alpha value is -3.68. The van der Waals surface area contributed by atoms with E-state index in [0.717, 1.165) is 48.5 Å². The first-order valence-corrected chi connectivity index (χ1v) is 12.9. The highest BCUT2D eigenvalue weighted by Gasteiger charge is 2.48. The molecule has 190 valence electrons. The highest BCUT2D eigenvalue weighted by Crippen LogP contribution is 2.39. The molecule has 1 N–H and O–H groups in total. The van der Waals surface area contributed by atoms with Crippen LogP contribution in [-0.4, -0.2) is 52.6 Å². The van der Waals surface area contributed by atoms with Gasteiger partial charge in [-0.2, -0.15) is 4.98 Å². The molecule has 1 atom stereocenters. The van der Waals surface area contributed by atoms with E-state index in [1.54, 1.807) is 7.11 Å². The minimum Gasteiger partial charge on any atom is -0.497 e. The lowest BCUT2D eigenvalue weighted by Gasteiger charge is -2.51. The Morgan fingerprint density at radius 2 is 1.57 bits per heavy atom. The third kappa shape index (κ3) is 4.49. The molecule has 3 fully saturated rings. The lowest BCUT2D eigenvalue weighted by atomic mass is 9.83. The van der Waals surface area contributed by atoms with Crippen molar-refractivity contribution >= 4 is 0 Å². The van der Waals surface area contributed by atoms with Crippen LogP contribution in [0, 0.1) is 5.92 Å². The van der Waals surface area contributed by atoms with Crippen LogP contribution in [0.3, 0.4) is 0 Å². The summed E-state index contributed by atoms with van der Waals surface area (Å²) in [6.45, 7) is 3.63. The molecule has 3 aliphatic heterocycles. The minimum absolute atomic E-state index is 0.127. The van der Waals surface area contributed by atoms with Crippen molar-refractivity contribution in [3.05, 3.63) is 108 Å². The van der Waals surface area contributed by atoms with Crippen molar-refractivity contribution < 1.29 is 23.6 Å². The van der Waals surface area contributed by atoms with Crippen molar-refractivity contribution in [1.29, 1.82) is 0 Å². The molecule has 3 aromatic carbocycles. The molecule has 4 aromatic rings. The zero-order chi connectivity index (χ0) is 25.3. The minimum atomic E-state index is -1.50. The zero-order valence-corrected chi connectivity index (χ0v) is 21.0. The summed E-state index contributed by atoms with van der Waals surface area (Å²) in [4.78, 5) is 4.77. The zero-order valence-electron chi connectivity index (χ0n) is 21.0. The maximum Gasteiger partial charge on any atom is 0.282 e. The smallest absolute Gasteiger partial charge is 0.282 e. The number of fused-ring (bicyclic) bond motifs is 3. The summed E-state index contributed by atoms with van der Waals surface area (Å²) < 4.78 is 18.5. The molecular weight excluding hydrogens is 466 g/mol. The van der Waals surface area contributed by atoms with E-state index in [0.29, 0.717) is 29.5 Å². The number of benzene rings is 3. The molecular formula is C30H32N3O4+. The van der Waals surface area contributed by atoms with Gasteiger partial charge >= 0.3 is 0 Å². The maximum absolute atomic E-state index is 12.0. The normalized spacial score (nSPS) is 23.1. The van der Waals surface area contributed by atoms with Gasteiger partial charge in [-0.05, 0) is 23.3 Å². The molecule has 0 aliphatic carbocycles. The molecule has 0 unspecified atom stereocenters. The van der Waals surface area contributed by atoms with Gasteiger partial charge in [0.05, 0.1) is 20.2 Å². The average Bonchev–Trinajstić information content (AvgIpc) is 3.42. The van der Waals surface area contributed by atoms with Gasteiger partial charge in [-0.1, -0.05) is 71.9 Å². The fourth-order valence-corrected chi connectivity index (χ4v) is 5.96. The average molecular weight is 499 g/mol. The lowest BCUT2D eigenvalue weighted by Crippen LogP contribution is -2.64. The number of hydrogen-bond donors (Lipinski definition) is 1. The number of nitrogens with zero attached hydrogens (tertiary/aromatic N) is 3. The van der Waals surface area contributed by atoms with Crippen LogP contribution in [-0.2, 0) is 12.1 Å². The van der Waals surface area contributed by atoms with Gasteiger partial charge in [-0.15, -0.1) is 0 Å². The van der Waals surface area contributed by atoms with Crippen LogP contribution in [0.2, 0.25) is 0 Å². The predicted octanol–water partition coefficient (Wildman–Crippen LogP) is 4.55. The van der Waals surface area contributed by atoms with Crippen LogP contribution in [0.15, 0.2) is 89.5 Å². The number of aliphatic hydroxyl groups is 1. The van der Waals surface area contributed by atoms with Crippen molar-refractivity contribution in [2.45, 2.75) is 31.1 Å². The second-order valence-electron chi connectivity index (χ2n) is 10.3. The van der Waals surface area contributed by atoms with Crippen LogP contribution < -0.4 is 9.47 Å². The standard InChI is InChI=1S/C30H32N3O4/c1-35-25-13-8-14-26(19-25)36-27-20-33(17-15-22(27)16-18-33)21-28-31-29(32-37-28)30(34,23-9-4-2-5-10-23)24-11-6-3-7-12-24/h2-14,19,22,27,34H,15-18,20-21H2,1H3/q+1/t22?,27-,33?/m0/s1. The Balaban J connectivity index is 1.25. The fourth-order valence-electron chi connectivity index (χ4n) is 5.96. The summed E-state index contributed by atoms with van der Waals surface area (Å²) in [6.07, 6.45) is 2.34. The van der Waals surface area contributed by atoms with E-state index < -0.39 is 5.60 Å². The molecule has 0 radical (unpaired) electrons. The predicted molar refractivity (Wildman–Crippen MR) is 138 cm³/mol. The first kappa shape index (κ1) is 23.7. The summed E-state index contributed by atoms with van der Waals surface area (Å²) in [5.41, 5.74) is -0.103. The van der Waals surface area contributed by atoms with Gasteiger partial charge in [-0.3, -0.25) is 0 Å². The Kier molecular flexibility index (Phi) is 6.18. The van der Waals surface area contributed by atoms with Crippen molar-refractivity contribution in [2.75, 3.05) is 26.7 Å². The van der Waals surface area contributed by atoms with Gasteiger partial charge in [0, 0.05) is 24.8 Å². The van der Waals surface area contributed by atoms with Crippen LogP contribution in [0.1, 0.15) is 35.7 Å². The third-order valence-corrected chi connectivity index (χ3v) is 8.02. The van der Waals surface area contributed by atoms with E-state index in [-0.39, 0.29) is 11.9 Å². The Bertz CT molecular complexity index is 1290. The molecule has 7 rings (SSSR count). The Labute approximate surface area is 216 Å². The second kappa shape index (κ2) is 9.65. The van der Waals surface area contributed by atoms with Gasteiger partial charge in [-0.25, -0.2) is 0 Å². The first-order chi connectivity index (χ1) is 18.1. The van der Waals surface area contributed by atoms with Crippen LogP contribution in [0.25, 0.3) is 0 Å². The van der Waals surface area contributed by atoms with E-state index in [9.17, 15) is 5.11 Å². The van der Waals surface area contributed by atoms with Gasteiger partial charge in [0.1, 0.15) is 18.0 Å². The number of methoxy groups -OCH3 is 1. The molecule has 4 heterocycles. The van der Waals surface area contributed by atoms with E-state index in [1.807, 2.05) is 84.9 Å². The molecule has 0 saturated carbocycles. The van der Waals surface area contributed by atoms with Gasteiger partial charge in [0.15, 0.2) is 18.2 Å². The van der Waals surface area contributed by atoms with Crippen LogP contribution in [0.4, 0.5) is 0 Å². The number of rotatable bonds is 8. The Morgan fingerprint density at radius 1 is 0.919 bits per heavy atom. The van der Waals surface area contributed by atoms with Crippen molar-refractivity contribution in [3.63, 3.8) is 0 Å². The molecule has 1 aromatic heterocycles. The van der Waals surface area contributed by atoms with E-state index >= 15 is 0 Å². The van der Waals surface area contributed by atoms with Crippen LogP contribution in [0.5, 0.6) is 11.5 Å². The summed E-state index contributed by atoms with van der Waals surface area (Å²) in [7, 11) is 1.67. The highest BCUT2D eigenvalue weighted by molar-refractivity contribution is 5.42. The third-order valence-electron chi connectivity index (χ3n) is 8.02. The van der Waals surface area contributed by atoms with Crippen molar-refractivity contribution in [3.8, 4) is 11.5 Å². The molecule has 7 nitrogen and oxygen atoms in total. The number of hydrogen-bond acceptors (Lipinski definition) is 6. The lowest BCUT2D eigenvalue weighted by molar-refractivity contribution is -0.959. The number of ether oxygens (including phenoxy) is 2. The quantitative estimate of drug-likeness (QED) is 0.359. The summed E-state index contributed by atoms with van der Waals surface area (Å²) in [5.74, 6) is 2.98. The van der Waals surface area contributed by atoms with Gasteiger partial charge in [0.2, 0.25) is 5.82 Å². The van der Waals surface area contributed by atoms with E-state index in [1.165, 1.54) is 0 Å². The largest absolute Gasteiger partial charge is 0.497 e. The van der Waals surface area contributed by atoms with E-state index in [2.05, 4.69) is 5.16 Å². The van der Waals surface area contributed by atoms with E-state index in [4.69, 9.17) is 19.0 Å². The maximum atomic E-state index is 12.0. The molecule has 7 heteroatoms. The highest BCUT2D eigenvalue weighted by atomic mass is 16.5. The van der Waals surface area contributed by atoms with Crippen molar-refractivity contribution in [2.24, 2.45) is 5.92 Å². The van der Waals surface area contributed by atoms with Gasteiger partial charge < -0.3 is 23.6 Å². The molecule has 2 bridgehead atoms. The monoisotopic (exact) mass is 498 g/mol. The van der Waals surface area contributed by atoms with Crippen LogP contribution >= 0.6 is 0 Å². The molecule has 3 saturated heterocycles. The van der Waals surface area contributed by atoms with Gasteiger partial charge in [0.25, 0.3) is 5.89 Å². The number of quaternary nitrogens is 1. The SMILES string of the molecule is COc1cccc(O[C@H]2C[N+]3(Cc4nc(C(O)(c5ccccc5)c5ccccc5)no4)CCC2CC3)c1. The molecule has 0 amide bonds. The fraction of sp³-hybridized carbons (Fsp3) is 0.333. The summed E-state index contributed by atoms with van der Waals surface area (Å²) in [5, 5.41) is 16.3.